The summed E-state index contributed by atoms with van der Waals surface area (Å²) in [6.07, 6.45) is 9.87. The van der Waals surface area contributed by atoms with Crippen LogP contribution in [0.2, 0.25) is 0 Å². The second kappa shape index (κ2) is 9.26. The number of imidazole rings is 1. The van der Waals surface area contributed by atoms with E-state index in [1.165, 1.54) is 49.9 Å². The van der Waals surface area contributed by atoms with E-state index in [2.05, 4.69) is 10.3 Å². The molecule has 1 aromatic rings. The molecule has 0 saturated heterocycles. The summed E-state index contributed by atoms with van der Waals surface area (Å²) < 4.78 is 7.03. The normalized spacial score (nSPS) is 21.9. The zero-order valence-electron chi connectivity index (χ0n) is 18.7. The molecule has 1 aromatic heterocycles. The third kappa shape index (κ3) is 4.20. The van der Waals surface area contributed by atoms with Crippen LogP contribution in [0.25, 0.3) is 0 Å². The number of esters is 1. The van der Waals surface area contributed by atoms with Crippen LogP contribution in [0.5, 0.6) is 0 Å². The number of hydrogen-bond donors (Lipinski definition) is 1. The van der Waals surface area contributed by atoms with Crippen molar-refractivity contribution in [1.29, 1.82) is 0 Å². The lowest BCUT2D eigenvalue weighted by atomic mass is 9.78. The van der Waals surface area contributed by atoms with Crippen LogP contribution in [0.1, 0.15) is 76.5 Å². The number of carbonyl (C=O) groups excluding carboxylic acids is 2. The SMILES string of the molecule is CC1=C(C(=O)OCCC2CCCCC2)C(c2ncc([N+](=O)[O-])n2C)C2=C(CCCC2=O)N1. The Kier molecular flexibility index (Phi) is 6.43. The minimum atomic E-state index is -0.778. The number of hydrogen-bond acceptors (Lipinski definition) is 7. The van der Waals surface area contributed by atoms with Gasteiger partial charge in [-0.15, -0.1) is 0 Å². The van der Waals surface area contributed by atoms with Gasteiger partial charge in [0, 0.05) is 23.4 Å². The molecule has 0 aromatic carbocycles. The molecule has 1 aliphatic heterocycles. The van der Waals surface area contributed by atoms with Crippen molar-refractivity contribution < 1.29 is 19.2 Å². The summed E-state index contributed by atoms with van der Waals surface area (Å²) in [6, 6.07) is 0. The van der Waals surface area contributed by atoms with E-state index in [9.17, 15) is 19.7 Å². The number of nitrogens with one attached hydrogen (secondary N) is 1. The molecule has 0 bridgehead atoms. The molecule has 1 saturated carbocycles. The van der Waals surface area contributed by atoms with Gasteiger partial charge in [-0.25, -0.2) is 14.3 Å². The Morgan fingerprint density at radius 3 is 2.72 bits per heavy atom. The first-order chi connectivity index (χ1) is 15.4. The Morgan fingerprint density at radius 1 is 1.28 bits per heavy atom. The number of ketones is 1. The zero-order valence-corrected chi connectivity index (χ0v) is 18.7. The van der Waals surface area contributed by atoms with E-state index < -0.39 is 16.8 Å². The van der Waals surface area contributed by atoms with Gasteiger partial charge in [0.2, 0.25) is 5.82 Å². The smallest absolute Gasteiger partial charge is 0.342 e. The Balaban J connectivity index is 1.63. The van der Waals surface area contributed by atoms with Gasteiger partial charge in [-0.2, -0.15) is 0 Å². The van der Waals surface area contributed by atoms with Gasteiger partial charge < -0.3 is 20.2 Å². The van der Waals surface area contributed by atoms with Gasteiger partial charge in [-0.1, -0.05) is 32.1 Å². The highest BCUT2D eigenvalue weighted by Gasteiger charge is 2.43. The number of allylic oxidation sites excluding steroid dienone is 3. The molecular formula is C23H30N4O5. The first-order valence-electron chi connectivity index (χ1n) is 11.5. The standard InChI is InChI=1S/C23H30N4O5/c1-14-19(23(29)32-12-11-15-7-4-3-5-8-15)21(20-16(25-14)9-6-10-17(20)28)22-24-13-18(26(22)2)27(30)31/h13,15,21,25H,3-12H2,1-2H3. The van der Waals surface area contributed by atoms with Crippen molar-refractivity contribution in [3.05, 3.63) is 44.7 Å². The molecule has 1 atom stereocenters. The molecule has 0 amide bonds. The number of nitrogens with zero attached hydrogens (tertiary/aromatic N) is 3. The van der Waals surface area contributed by atoms with Gasteiger partial charge in [-0.05, 0) is 37.0 Å². The van der Waals surface area contributed by atoms with Crippen molar-refractivity contribution in [2.24, 2.45) is 13.0 Å². The van der Waals surface area contributed by atoms with Crippen LogP contribution in [-0.4, -0.2) is 32.8 Å². The lowest BCUT2D eigenvalue weighted by Crippen LogP contribution is -2.35. The Labute approximate surface area is 187 Å². The summed E-state index contributed by atoms with van der Waals surface area (Å²) in [6.45, 7) is 2.11. The van der Waals surface area contributed by atoms with Gasteiger partial charge in [-0.3, -0.25) is 4.79 Å². The highest BCUT2D eigenvalue weighted by molar-refractivity contribution is 6.03. The number of rotatable bonds is 6. The van der Waals surface area contributed by atoms with Crippen molar-refractivity contribution in [3.63, 3.8) is 0 Å². The molecule has 0 spiro atoms. The molecule has 172 valence electrons. The third-order valence-corrected chi connectivity index (χ3v) is 6.92. The van der Waals surface area contributed by atoms with Crippen molar-refractivity contribution in [2.45, 2.75) is 70.6 Å². The molecule has 1 fully saturated rings. The van der Waals surface area contributed by atoms with Gasteiger partial charge in [0.05, 0.1) is 19.2 Å². The third-order valence-electron chi connectivity index (χ3n) is 6.92. The van der Waals surface area contributed by atoms with E-state index in [0.717, 1.165) is 18.5 Å². The van der Waals surface area contributed by atoms with Crippen molar-refractivity contribution in [1.82, 2.24) is 14.9 Å². The summed E-state index contributed by atoms with van der Waals surface area (Å²) in [7, 11) is 1.54. The Morgan fingerprint density at radius 2 is 2.03 bits per heavy atom. The number of aromatic nitrogens is 2. The quantitative estimate of drug-likeness (QED) is 0.404. The van der Waals surface area contributed by atoms with Crippen LogP contribution in [0.15, 0.2) is 28.7 Å². The second-order valence-electron chi connectivity index (χ2n) is 8.98. The molecule has 2 heterocycles. The molecule has 0 radical (unpaired) electrons. The van der Waals surface area contributed by atoms with E-state index in [-0.39, 0.29) is 11.6 Å². The average molecular weight is 443 g/mol. The molecule has 1 unspecified atom stereocenters. The van der Waals surface area contributed by atoms with E-state index in [1.54, 1.807) is 6.92 Å². The van der Waals surface area contributed by atoms with Gasteiger partial charge in [0.1, 0.15) is 12.1 Å². The largest absolute Gasteiger partial charge is 0.462 e. The fourth-order valence-electron chi connectivity index (χ4n) is 5.24. The first-order valence-corrected chi connectivity index (χ1v) is 11.5. The molecule has 4 rings (SSSR count). The van der Waals surface area contributed by atoms with Crippen molar-refractivity contribution in [2.75, 3.05) is 6.61 Å². The molecule has 32 heavy (non-hydrogen) atoms. The van der Waals surface area contributed by atoms with Crippen LogP contribution >= 0.6 is 0 Å². The lowest BCUT2D eigenvalue weighted by molar-refractivity contribution is -0.391. The minimum absolute atomic E-state index is 0.0607. The van der Waals surface area contributed by atoms with Gasteiger partial charge in [0.25, 0.3) is 0 Å². The first kappa shape index (κ1) is 22.2. The monoisotopic (exact) mass is 442 g/mol. The van der Waals surface area contributed by atoms with Crippen LogP contribution < -0.4 is 5.32 Å². The fraction of sp³-hybridized carbons (Fsp3) is 0.609. The number of ether oxygens (including phenoxy) is 1. The summed E-state index contributed by atoms with van der Waals surface area (Å²) >= 11 is 0. The summed E-state index contributed by atoms with van der Waals surface area (Å²) in [5.74, 6) is -0.634. The molecule has 9 nitrogen and oxygen atoms in total. The molecule has 2 aliphatic carbocycles. The maximum Gasteiger partial charge on any atom is 0.342 e. The average Bonchev–Trinajstić information content (AvgIpc) is 3.15. The maximum absolute atomic E-state index is 13.2. The summed E-state index contributed by atoms with van der Waals surface area (Å²) in [4.78, 5) is 41.3. The van der Waals surface area contributed by atoms with E-state index in [1.807, 2.05) is 0 Å². The Hall–Kier alpha value is -2.97. The molecule has 9 heteroatoms. The minimum Gasteiger partial charge on any atom is -0.462 e. The predicted octanol–water partition coefficient (Wildman–Crippen LogP) is 3.81. The molecule has 1 N–H and O–H groups in total. The van der Waals surface area contributed by atoms with Crippen LogP contribution in [0.4, 0.5) is 5.82 Å². The molecule has 3 aliphatic rings. The number of carbonyl (C=O) groups is 2. The lowest BCUT2D eigenvalue weighted by Gasteiger charge is -2.32. The zero-order chi connectivity index (χ0) is 22.8. The summed E-state index contributed by atoms with van der Waals surface area (Å²) in [5.41, 5.74) is 2.17. The maximum atomic E-state index is 13.2. The second-order valence-corrected chi connectivity index (χ2v) is 8.98. The fourth-order valence-corrected chi connectivity index (χ4v) is 5.24. The highest BCUT2D eigenvalue weighted by Crippen LogP contribution is 2.42. The highest BCUT2D eigenvalue weighted by atomic mass is 16.6. The number of nitro groups is 1. The van der Waals surface area contributed by atoms with Gasteiger partial charge in [0.15, 0.2) is 5.78 Å². The summed E-state index contributed by atoms with van der Waals surface area (Å²) in [5, 5.41) is 14.6. The van der Waals surface area contributed by atoms with E-state index >= 15 is 0 Å². The van der Waals surface area contributed by atoms with Crippen LogP contribution in [-0.2, 0) is 21.4 Å². The van der Waals surface area contributed by atoms with Crippen LogP contribution in [0.3, 0.4) is 0 Å². The van der Waals surface area contributed by atoms with Crippen molar-refractivity contribution >= 4 is 17.6 Å². The van der Waals surface area contributed by atoms with Gasteiger partial charge >= 0.3 is 11.8 Å². The predicted molar refractivity (Wildman–Crippen MR) is 116 cm³/mol. The molecular weight excluding hydrogens is 412 g/mol. The van der Waals surface area contributed by atoms with Crippen molar-refractivity contribution in [3.8, 4) is 0 Å². The number of Topliss-reactive ketones (excluding diaryl/α,β-unsaturated/α-hetero) is 1. The van der Waals surface area contributed by atoms with E-state index in [0.29, 0.717) is 48.0 Å². The van der Waals surface area contributed by atoms with Crippen LogP contribution in [0, 0.1) is 16.0 Å². The number of dihydropyridines is 1. The Bertz CT molecular complexity index is 1000. The topological polar surface area (TPSA) is 116 Å². The van der Waals surface area contributed by atoms with E-state index in [4.69, 9.17) is 4.74 Å².